The lowest BCUT2D eigenvalue weighted by Gasteiger charge is -2.33. The number of hydrogen-bond acceptors (Lipinski definition) is 3. The summed E-state index contributed by atoms with van der Waals surface area (Å²) in [5.41, 5.74) is 3.94. The average Bonchev–Trinajstić information content (AvgIpc) is 3.03. The fourth-order valence-electron chi connectivity index (χ4n) is 3.64. The lowest BCUT2D eigenvalue weighted by atomic mass is 10.1. The van der Waals surface area contributed by atoms with Gasteiger partial charge in [0.05, 0.1) is 35.8 Å². The number of nitrogens with zero attached hydrogens (tertiary/aromatic N) is 3. The van der Waals surface area contributed by atoms with Crippen molar-refractivity contribution in [3.05, 3.63) is 82.9 Å². The molecule has 2 aromatic carbocycles. The third-order valence-corrected chi connectivity index (χ3v) is 5.10. The predicted molar refractivity (Wildman–Crippen MR) is 104 cm³/mol. The summed E-state index contributed by atoms with van der Waals surface area (Å²) in [5.74, 6) is -0.334. The Kier molecular flexibility index (Phi) is 4.96. The maximum atomic E-state index is 13.3. The molecule has 6 heteroatoms. The van der Waals surface area contributed by atoms with Crippen molar-refractivity contribution in [3.8, 4) is 5.69 Å². The lowest BCUT2D eigenvalue weighted by molar-refractivity contribution is -0.0229. The van der Waals surface area contributed by atoms with Crippen molar-refractivity contribution in [2.45, 2.75) is 20.0 Å². The molecule has 5 nitrogen and oxygen atoms in total. The van der Waals surface area contributed by atoms with Gasteiger partial charge in [0.1, 0.15) is 11.9 Å². The zero-order valence-corrected chi connectivity index (χ0v) is 15.9. The van der Waals surface area contributed by atoms with Gasteiger partial charge >= 0.3 is 0 Å². The Labute approximate surface area is 163 Å². The molecule has 1 amide bonds. The van der Waals surface area contributed by atoms with Crippen LogP contribution in [0.4, 0.5) is 4.39 Å². The van der Waals surface area contributed by atoms with Crippen LogP contribution in [0.15, 0.2) is 54.6 Å². The zero-order chi connectivity index (χ0) is 19.7. The van der Waals surface area contributed by atoms with E-state index in [1.165, 1.54) is 12.1 Å². The fourth-order valence-corrected chi connectivity index (χ4v) is 3.64. The van der Waals surface area contributed by atoms with Crippen molar-refractivity contribution in [2.24, 2.45) is 0 Å². The molecule has 0 radical (unpaired) electrons. The van der Waals surface area contributed by atoms with Gasteiger partial charge in [-0.15, -0.1) is 0 Å². The number of rotatable bonds is 3. The molecule has 1 aliphatic heterocycles. The normalized spacial score (nSPS) is 17.0. The van der Waals surface area contributed by atoms with Crippen LogP contribution in [-0.2, 0) is 4.74 Å². The molecule has 4 rings (SSSR count). The Morgan fingerprint density at radius 3 is 2.54 bits per heavy atom. The van der Waals surface area contributed by atoms with Crippen molar-refractivity contribution in [1.82, 2.24) is 14.7 Å². The number of ether oxygens (including phenoxy) is 1. The van der Waals surface area contributed by atoms with Gasteiger partial charge in [-0.3, -0.25) is 4.79 Å². The van der Waals surface area contributed by atoms with E-state index in [9.17, 15) is 9.18 Å². The number of carbonyl (C=O) groups excluding carboxylic acids is 1. The number of halogens is 1. The molecular weight excluding hydrogens is 357 g/mol. The standard InChI is InChI=1S/C22H22FN3O2/c1-15-21(16(2)26(24-15)19-6-4-3-5-7-19)22(27)25-12-13-28-20(14-25)17-8-10-18(23)11-9-17/h3-11,20H,12-14H2,1-2H3. The van der Waals surface area contributed by atoms with Crippen molar-refractivity contribution in [1.29, 1.82) is 0 Å². The van der Waals surface area contributed by atoms with E-state index in [-0.39, 0.29) is 17.8 Å². The second-order valence-electron chi connectivity index (χ2n) is 6.96. The van der Waals surface area contributed by atoms with Crippen molar-refractivity contribution in [3.63, 3.8) is 0 Å². The van der Waals surface area contributed by atoms with E-state index in [4.69, 9.17) is 4.74 Å². The summed E-state index contributed by atoms with van der Waals surface area (Å²) in [7, 11) is 0. The summed E-state index contributed by atoms with van der Waals surface area (Å²) in [6, 6.07) is 16.0. The molecule has 1 aliphatic rings. The summed E-state index contributed by atoms with van der Waals surface area (Å²) in [5, 5.41) is 4.58. The van der Waals surface area contributed by atoms with Gasteiger partial charge in [-0.25, -0.2) is 9.07 Å². The molecule has 3 aromatic rings. The summed E-state index contributed by atoms with van der Waals surface area (Å²) in [4.78, 5) is 15.1. The maximum absolute atomic E-state index is 13.3. The van der Waals surface area contributed by atoms with Gasteiger partial charge < -0.3 is 9.64 Å². The summed E-state index contributed by atoms with van der Waals surface area (Å²) in [6.45, 7) is 5.17. The molecule has 1 fully saturated rings. The molecule has 1 aromatic heterocycles. The molecule has 0 N–H and O–H groups in total. The predicted octanol–water partition coefficient (Wildman–Crippen LogP) is 3.84. The van der Waals surface area contributed by atoms with Crippen LogP contribution < -0.4 is 0 Å². The van der Waals surface area contributed by atoms with Crippen LogP contribution in [0.25, 0.3) is 5.69 Å². The zero-order valence-electron chi connectivity index (χ0n) is 15.9. The van der Waals surface area contributed by atoms with Crippen molar-refractivity contribution < 1.29 is 13.9 Å². The van der Waals surface area contributed by atoms with E-state index in [1.807, 2.05) is 44.2 Å². The van der Waals surface area contributed by atoms with E-state index >= 15 is 0 Å². The van der Waals surface area contributed by atoms with Gasteiger partial charge in [0.15, 0.2) is 0 Å². The van der Waals surface area contributed by atoms with Crippen LogP contribution in [0.2, 0.25) is 0 Å². The van der Waals surface area contributed by atoms with Gasteiger partial charge in [0.2, 0.25) is 0 Å². The highest BCUT2D eigenvalue weighted by Crippen LogP contribution is 2.26. The Bertz CT molecular complexity index is 983. The van der Waals surface area contributed by atoms with Gasteiger partial charge in [-0.2, -0.15) is 5.10 Å². The smallest absolute Gasteiger partial charge is 0.257 e. The first-order chi connectivity index (χ1) is 13.5. The number of hydrogen-bond donors (Lipinski definition) is 0. The first kappa shape index (κ1) is 18.4. The molecule has 0 saturated carbocycles. The van der Waals surface area contributed by atoms with Crippen LogP contribution in [-0.4, -0.2) is 40.3 Å². The van der Waals surface area contributed by atoms with E-state index < -0.39 is 0 Å². The van der Waals surface area contributed by atoms with Gasteiger partial charge in [0, 0.05) is 6.54 Å². The van der Waals surface area contributed by atoms with E-state index in [0.29, 0.717) is 31.0 Å². The SMILES string of the molecule is Cc1nn(-c2ccccc2)c(C)c1C(=O)N1CCOC(c2ccc(F)cc2)C1. The number of aromatic nitrogens is 2. The minimum absolute atomic E-state index is 0.0485. The van der Waals surface area contributed by atoms with Crippen LogP contribution in [0.1, 0.15) is 33.4 Å². The number of benzene rings is 2. The third-order valence-electron chi connectivity index (χ3n) is 5.10. The van der Waals surface area contributed by atoms with Crippen LogP contribution in [0, 0.1) is 19.7 Å². The largest absolute Gasteiger partial charge is 0.370 e. The minimum Gasteiger partial charge on any atom is -0.370 e. The number of para-hydroxylation sites is 1. The number of amides is 1. The fraction of sp³-hybridized carbons (Fsp3) is 0.273. The minimum atomic E-state index is -0.285. The maximum Gasteiger partial charge on any atom is 0.257 e. The molecule has 1 atom stereocenters. The monoisotopic (exact) mass is 379 g/mol. The molecular formula is C22H22FN3O2. The Morgan fingerprint density at radius 1 is 1.11 bits per heavy atom. The van der Waals surface area contributed by atoms with Crippen LogP contribution >= 0.6 is 0 Å². The van der Waals surface area contributed by atoms with E-state index in [1.54, 1.807) is 21.7 Å². The first-order valence-corrected chi connectivity index (χ1v) is 9.32. The number of aryl methyl sites for hydroxylation is 1. The second-order valence-corrected chi connectivity index (χ2v) is 6.96. The number of carbonyl (C=O) groups is 1. The molecule has 28 heavy (non-hydrogen) atoms. The molecule has 144 valence electrons. The Balaban J connectivity index is 1.59. The Hall–Kier alpha value is -2.99. The highest BCUT2D eigenvalue weighted by atomic mass is 19.1. The van der Waals surface area contributed by atoms with E-state index in [0.717, 1.165) is 16.9 Å². The first-order valence-electron chi connectivity index (χ1n) is 9.32. The summed E-state index contributed by atoms with van der Waals surface area (Å²) < 4.78 is 20.8. The van der Waals surface area contributed by atoms with Crippen molar-refractivity contribution >= 4 is 5.91 Å². The molecule has 2 heterocycles. The summed E-state index contributed by atoms with van der Waals surface area (Å²) >= 11 is 0. The summed E-state index contributed by atoms with van der Waals surface area (Å²) in [6.07, 6.45) is -0.261. The quantitative estimate of drug-likeness (QED) is 0.695. The van der Waals surface area contributed by atoms with Gasteiger partial charge in [0.25, 0.3) is 5.91 Å². The van der Waals surface area contributed by atoms with Gasteiger partial charge in [-0.05, 0) is 43.7 Å². The number of morpholine rings is 1. The molecule has 1 saturated heterocycles. The molecule has 0 bridgehead atoms. The topological polar surface area (TPSA) is 47.4 Å². The highest BCUT2D eigenvalue weighted by Gasteiger charge is 2.29. The Morgan fingerprint density at radius 2 is 1.82 bits per heavy atom. The second kappa shape index (κ2) is 7.56. The van der Waals surface area contributed by atoms with Crippen LogP contribution in [0.3, 0.4) is 0 Å². The highest BCUT2D eigenvalue weighted by molar-refractivity contribution is 5.96. The van der Waals surface area contributed by atoms with Crippen LogP contribution in [0.5, 0.6) is 0 Å². The van der Waals surface area contributed by atoms with Crippen molar-refractivity contribution in [2.75, 3.05) is 19.7 Å². The average molecular weight is 379 g/mol. The third kappa shape index (κ3) is 3.43. The van der Waals surface area contributed by atoms with E-state index in [2.05, 4.69) is 5.10 Å². The molecule has 1 unspecified atom stereocenters. The lowest BCUT2D eigenvalue weighted by Crippen LogP contribution is -2.42. The van der Waals surface area contributed by atoms with Gasteiger partial charge in [-0.1, -0.05) is 30.3 Å². The molecule has 0 spiro atoms. The molecule has 0 aliphatic carbocycles.